The van der Waals surface area contributed by atoms with E-state index in [1.807, 2.05) is 0 Å². The Bertz CT molecular complexity index is 456. The summed E-state index contributed by atoms with van der Waals surface area (Å²) in [4.78, 5) is 11.1. The summed E-state index contributed by atoms with van der Waals surface area (Å²) < 4.78 is 5.29. The summed E-state index contributed by atoms with van der Waals surface area (Å²) in [5.41, 5.74) is 1.77. The summed E-state index contributed by atoms with van der Waals surface area (Å²) in [6.07, 6.45) is 1.85. The van der Waals surface area contributed by atoms with E-state index in [1.165, 1.54) is 6.07 Å². The van der Waals surface area contributed by atoms with Crippen molar-refractivity contribution in [1.82, 2.24) is 0 Å². The van der Waals surface area contributed by atoms with E-state index in [4.69, 9.17) is 21.4 Å². The number of carbonyl (C=O) groups is 1. The molecule has 1 aliphatic rings. The van der Waals surface area contributed by atoms with Crippen LogP contribution in [0.2, 0.25) is 5.02 Å². The molecule has 18 heavy (non-hydrogen) atoms. The van der Waals surface area contributed by atoms with E-state index in [1.54, 1.807) is 13.0 Å². The first kappa shape index (κ1) is 13.2. The van der Waals surface area contributed by atoms with Crippen LogP contribution in [-0.4, -0.2) is 30.3 Å². The van der Waals surface area contributed by atoms with Gasteiger partial charge in [-0.3, -0.25) is 0 Å². The zero-order chi connectivity index (χ0) is 13.1. The Morgan fingerprint density at radius 1 is 1.44 bits per heavy atom. The highest BCUT2D eigenvalue weighted by Gasteiger charge is 2.17. The van der Waals surface area contributed by atoms with Crippen molar-refractivity contribution in [2.24, 2.45) is 0 Å². The third kappa shape index (κ3) is 2.94. The Morgan fingerprint density at radius 3 is 2.72 bits per heavy atom. The standard InChI is InChI=1S/C13H16ClNO3/c1-8-11(13(16)17)6-9(14)7-12(8)15-10-2-4-18-5-3-10/h6-7,10,15H,2-5H2,1H3,(H,16,17). The first-order chi connectivity index (χ1) is 8.58. The molecule has 1 saturated heterocycles. The zero-order valence-corrected chi connectivity index (χ0v) is 11.0. The predicted molar refractivity (Wildman–Crippen MR) is 70.6 cm³/mol. The SMILES string of the molecule is Cc1c(NC2CCOCC2)cc(Cl)cc1C(=O)O. The van der Waals surface area contributed by atoms with E-state index in [0.29, 0.717) is 11.1 Å². The summed E-state index contributed by atoms with van der Waals surface area (Å²) in [5, 5.41) is 12.9. The molecular formula is C13H16ClNO3. The van der Waals surface area contributed by atoms with Crippen LogP contribution in [0.4, 0.5) is 5.69 Å². The molecule has 1 fully saturated rings. The minimum atomic E-state index is -0.954. The lowest BCUT2D eigenvalue weighted by Crippen LogP contribution is -2.28. The normalized spacial score (nSPS) is 16.6. The number of rotatable bonds is 3. The van der Waals surface area contributed by atoms with E-state index >= 15 is 0 Å². The molecule has 0 unspecified atom stereocenters. The lowest BCUT2D eigenvalue weighted by Gasteiger charge is -2.25. The lowest BCUT2D eigenvalue weighted by atomic mass is 10.0. The molecule has 5 heteroatoms. The average molecular weight is 270 g/mol. The van der Waals surface area contributed by atoms with Gasteiger partial charge in [0, 0.05) is 30.0 Å². The quantitative estimate of drug-likeness (QED) is 0.886. The maximum absolute atomic E-state index is 11.1. The number of hydrogen-bond donors (Lipinski definition) is 2. The van der Waals surface area contributed by atoms with E-state index < -0.39 is 5.97 Å². The topological polar surface area (TPSA) is 58.6 Å². The third-order valence-corrected chi connectivity index (χ3v) is 3.40. The summed E-state index contributed by atoms with van der Waals surface area (Å²) in [6.45, 7) is 3.27. The van der Waals surface area contributed by atoms with Crippen LogP contribution in [0.5, 0.6) is 0 Å². The smallest absolute Gasteiger partial charge is 0.336 e. The first-order valence-corrected chi connectivity index (χ1v) is 6.33. The number of anilines is 1. The summed E-state index contributed by atoms with van der Waals surface area (Å²) in [5.74, 6) is -0.954. The molecular weight excluding hydrogens is 254 g/mol. The number of ether oxygens (including phenoxy) is 1. The van der Waals surface area contributed by atoms with Crippen LogP contribution in [0.1, 0.15) is 28.8 Å². The molecule has 1 aliphatic heterocycles. The minimum absolute atomic E-state index is 0.247. The van der Waals surface area contributed by atoms with Crippen LogP contribution < -0.4 is 5.32 Å². The van der Waals surface area contributed by atoms with Crippen molar-refractivity contribution in [2.45, 2.75) is 25.8 Å². The molecule has 2 N–H and O–H groups in total. The van der Waals surface area contributed by atoms with Crippen molar-refractivity contribution < 1.29 is 14.6 Å². The van der Waals surface area contributed by atoms with Gasteiger partial charge < -0.3 is 15.2 Å². The molecule has 4 nitrogen and oxygen atoms in total. The van der Waals surface area contributed by atoms with Crippen LogP contribution in [0.25, 0.3) is 0 Å². The van der Waals surface area contributed by atoms with Crippen molar-refractivity contribution in [3.63, 3.8) is 0 Å². The Hall–Kier alpha value is -1.26. The monoisotopic (exact) mass is 269 g/mol. The molecule has 0 atom stereocenters. The Kier molecular flexibility index (Phi) is 4.09. The van der Waals surface area contributed by atoms with Gasteiger partial charge in [-0.1, -0.05) is 11.6 Å². The number of carboxylic acid groups (broad SMARTS) is 1. The molecule has 98 valence electrons. The highest BCUT2D eigenvalue weighted by molar-refractivity contribution is 6.31. The predicted octanol–water partition coefficient (Wildman–Crippen LogP) is 2.94. The molecule has 0 amide bonds. The fourth-order valence-corrected chi connectivity index (χ4v) is 2.33. The van der Waals surface area contributed by atoms with E-state index in [2.05, 4.69) is 5.32 Å². The summed E-state index contributed by atoms with van der Waals surface area (Å²) in [6, 6.07) is 3.57. The van der Waals surface area contributed by atoms with Crippen LogP contribution in [0.3, 0.4) is 0 Å². The molecule has 1 heterocycles. The number of carboxylic acids is 1. The molecule has 0 aromatic heterocycles. The van der Waals surface area contributed by atoms with Gasteiger partial charge in [-0.05, 0) is 37.5 Å². The van der Waals surface area contributed by atoms with Crippen molar-refractivity contribution >= 4 is 23.3 Å². The number of halogens is 1. The zero-order valence-electron chi connectivity index (χ0n) is 10.2. The van der Waals surface area contributed by atoms with Gasteiger partial charge in [0.05, 0.1) is 5.56 Å². The molecule has 0 aliphatic carbocycles. The number of benzene rings is 1. The number of hydrogen-bond acceptors (Lipinski definition) is 3. The third-order valence-electron chi connectivity index (χ3n) is 3.18. The Balaban J connectivity index is 2.23. The second kappa shape index (κ2) is 5.59. The second-order valence-corrected chi connectivity index (χ2v) is 4.90. The van der Waals surface area contributed by atoms with E-state index in [-0.39, 0.29) is 5.56 Å². The van der Waals surface area contributed by atoms with Crippen molar-refractivity contribution in [3.8, 4) is 0 Å². The molecule has 2 rings (SSSR count). The minimum Gasteiger partial charge on any atom is -0.478 e. The number of aromatic carboxylic acids is 1. The molecule has 1 aromatic rings. The van der Waals surface area contributed by atoms with Crippen LogP contribution in [-0.2, 0) is 4.74 Å². The van der Waals surface area contributed by atoms with Gasteiger partial charge in [0.15, 0.2) is 0 Å². The highest BCUT2D eigenvalue weighted by atomic mass is 35.5. The van der Waals surface area contributed by atoms with Gasteiger partial charge in [-0.15, -0.1) is 0 Å². The van der Waals surface area contributed by atoms with Gasteiger partial charge in [0.2, 0.25) is 0 Å². The van der Waals surface area contributed by atoms with Crippen LogP contribution >= 0.6 is 11.6 Å². The molecule has 0 spiro atoms. The molecule has 0 radical (unpaired) electrons. The first-order valence-electron chi connectivity index (χ1n) is 5.95. The van der Waals surface area contributed by atoms with Gasteiger partial charge in [-0.2, -0.15) is 0 Å². The lowest BCUT2D eigenvalue weighted by molar-refractivity contribution is 0.0696. The maximum atomic E-state index is 11.1. The molecule has 0 saturated carbocycles. The van der Waals surface area contributed by atoms with Crippen molar-refractivity contribution in [3.05, 3.63) is 28.3 Å². The van der Waals surface area contributed by atoms with Gasteiger partial charge >= 0.3 is 5.97 Å². The fraction of sp³-hybridized carbons (Fsp3) is 0.462. The van der Waals surface area contributed by atoms with Crippen molar-refractivity contribution in [2.75, 3.05) is 18.5 Å². The molecule has 0 bridgehead atoms. The summed E-state index contributed by atoms with van der Waals surface area (Å²) in [7, 11) is 0. The van der Waals surface area contributed by atoms with Gasteiger partial charge in [-0.25, -0.2) is 4.79 Å². The summed E-state index contributed by atoms with van der Waals surface area (Å²) >= 11 is 5.96. The maximum Gasteiger partial charge on any atom is 0.336 e. The second-order valence-electron chi connectivity index (χ2n) is 4.46. The Labute approximate surface area is 111 Å². The van der Waals surface area contributed by atoms with Crippen LogP contribution in [0.15, 0.2) is 12.1 Å². The molecule has 1 aromatic carbocycles. The Morgan fingerprint density at radius 2 is 2.11 bits per heavy atom. The largest absolute Gasteiger partial charge is 0.478 e. The average Bonchev–Trinajstić information content (AvgIpc) is 2.34. The van der Waals surface area contributed by atoms with Gasteiger partial charge in [0.1, 0.15) is 0 Å². The number of nitrogens with one attached hydrogen (secondary N) is 1. The van der Waals surface area contributed by atoms with Gasteiger partial charge in [0.25, 0.3) is 0 Å². The fourth-order valence-electron chi connectivity index (χ4n) is 2.11. The van der Waals surface area contributed by atoms with Crippen LogP contribution in [0, 0.1) is 6.92 Å². The highest BCUT2D eigenvalue weighted by Crippen LogP contribution is 2.26. The van der Waals surface area contributed by atoms with E-state index in [9.17, 15) is 4.79 Å². The van der Waals surface area contributed by atoms with E-state index in [0.717, 1.165) is 37.3 Å². The van der Waals surface area contributed by atoms with Crippen molar-refractivity contribution in [1.29, 1.82) is 0 Å².